The van der Waals surface area contributed by atoms with Crippen molar-refractivity contribution < 1.29 is 36.2 Å². The lowest BCUT2D eigenvalue weighted by Crippen LogP contribution is -2.47. The van der Waals surface area contributed by atoms with Crippen LogP contribution in [0, 0.1) is 0 Å². The first-order valence-electron chi connectivity index (χ1n) is 16.5. The van der Waals surface area contributed by atoms with Crippen molar-refractivity contribution in [3.63, 3.8) is 0 Å². The number of benzene rings is 3. The van der Waals surface area contributed by atoms with E-state index in [-0.39, 0.29) is 40.3 Å². The summed E-state index contributed by atoms with van der Waals surface area (Å²) in [6.07, 6.45) is 2.96. The molecule has 2 aliphatic heterocycles. The van der Waals surface area contributed by atoms with E-state index in [0.717, 1.165) is 24.0 Å². The van der Waals surface area contributed by atoms with Gasteiger partial charge in [-0.3, -0.25) is 0 Å². The van der Waals surface area contributed by atoms with Crippen molar-refractivity contribution in [3.8, 4) is 22.6 Å². The molecule has 2 heterocycles. The fourth-order valence-electron chi connectivity index (χ4n) is 6.56. The molecule has 3 aromatic carbocycles. The highest BCUT2D eigenvalue weighted by molar-refractivity contribution is 7.91. The van der Waals surface area contributed by atoms with Crippen LogP contribution in [-0.4, -0.2) is 89.7 Å². The van der Waals surface area contributed by atoms with Gasteiger partial charge in [0.15, 0.2) is 9.84 Å². The summed E-state index contributed by atoms with van der Waals surface area (Å²) in [5, 5.41) is 13.9. The quantitative estimate of drug-likeness (QED) is 0.242. The molecule has 6 rings (SSSR count). The van der Waals surface area contributed by atoms with Gasteiger partial charge in [0.05, 0.1) is 34.9 Å². The topological polar surface area (TPSA) is 157 Å². The standard InChI is InChI=1S/C35H45N3O8S2/c1-3-47(40,41)30-6-4-5-29(19-30)45-24-28(39)22-37-27-21-34(46-23-27)15-17-38(18-16-34)48(42,43)31-11-12-33(44-2)32(20-31)25-7-9-26(10-8-25)35(36)13-14-35/h4-12,19-20,27-28,37,39H,3,13-18,21-24,36H2,1-2H3/t27-,28?/m1/s1. The highest BCUT2D eigenvalue weighted by Gasteiger charge is 2.45. The van der Waals surface area contributed by atoms with Crippen LogP contribution in [0.5, 0.6) is 11.5 Å². The monoisotopic (exact) mass is 699 g/mol. The first kappa shape index (κ1) is 34.8. The minimum absolute atomic E-state index is 0.000940. The summed E-state index contributed by atoms with van der Waals surface area (Å²) >= 11 is 0. The first-order chi connectivity index (χ1) is 22.9. The predicted octanol–water partition coefficient (Wildman–Crippen LogP) is 3.45. The Labute approximate surface area is 283 Å². The Morgan fingerprint density at radius 1 is 1.00 bits per heavy atom. The van der Waals surface area contributed by atoms with Gasteiger partial charge in [0.2, 0.25) is 10.0 Å². The van der Waals surface area contributed by atoms with E-state index >= 15 is 0 Å². The number of rotatable bonds is 13. The number of hydrogen-bond donors (Lipinski definition) is 3. The van der Waals surface area contributed by atoms with E-state index < -0.39 is 31.6 Å². The molecule has 2 atom stereocenters. The van der Waals surface area contributed by atoms with E-state index in [1.54, 1.807) is 44.4 Å². The second-order valence-corrected chi connectivity index (χ2v) is 17.4. The number of hydrogen-bond acceptors (Lipinski definition) is 10. The molecule has 11 nitrogen and oxygen atoms in total. The summed E-state index contributed by atoms with van der Waals surface area (Å²) in [4.78, 5) is 0.411. The Bertz CT molecular complexity index is 1820. The number of aliphatic hydroxyl groups is 1. The minimum atomic E-state index is -3.76. The lowest BCUT2D eigenvalue weighted by molar-refractivity contribution is -0.0312. The molecule has 1 saturated carbocycles. The Balaban J connectivity index is 1.01. The van der Waals surface area contributed by atoms with Gasteiger partial charge in [0.25, 0.3) is 0 Å². The van der Waals surface area contributed by atoms with E-state index in [0.29, 0.717) is 56.0 Å². The van der Waals surface area contributed by atoms with Gasteiger partial charge in [0, 0.05) is 36.8 Å². The van der Waals surface area contributed by atoms with Gasteiger partial charge in [0.1, 0.15) is 24.2 Å². The summed E-state index contributed by atoms with van der Waals surface area (Å²) < 4.78 is 70.9. The van der Waals surface area contributed by atoms with Crippen LogP contribution in [0.3, 0.4) is 0 Å². The third-order valence-corrected chi connectivity index (χ3v) is 13.5. The molecule has 1 unspecified atom stereocenters. The maximum Gasteiger partial charge on any atom is 0.243 e. The zero-order valence-corrected chi connectivity index (χ0v) is 29.1. The third-order valence-electron chi connectivity index (χ3n) is 9.84. The van der Waals surface area contributed by atoms with E-state index in [2.05, 4.69) is 5.32 Å². The fourth-order valence-corrected chi connectivity index (χ4v) is 8.95. The Morgan fingerprint density at radius 2 is 1.73 bits per heavy atom. The number of methoxy groups -OCH3 is 1. The summed E-state index contributed by atoms with van der Waals surface area (Å²) in [6, 6.07) is 19.2. The number of aliphatic hydroxyl groups excluding tert-OH is 1. The number of nitrogens with one attached hydrogen (secondary N) is 1. The highest BCUT2D eigenvalue weighted by atomic mass is 32.2. The van der Waals surface area contributed by atoms with Crippen molar-refractivity contribution in [2.45, 2.75) is 72.1 Å². The van der Waals surface area contributed by atoms with Gasteiger partial charge in [-0.05, 0) is 79.6 Å². The largest absolute Gasteiger partial charge is 0.496 e. The normalized spacial score (nSPS) is 21.2. The molecule has 0 radical (unpaired) electrons. The van der Waals surface area contributed by atoms with Crippen LogP contribution >= 0.6 is 0 Å². The highest BCUT2D eigenvalue weighted by Crippen LogP contribution is 2.44. The van der Waals surface area contributed by atoms with Gasteiger partial charge in [-0.1, -0.05) is 37.3 Å². The van der Waals surface area contributed by atoms with Gasteiger partial charge in [-0.2, -0.15) is 4.31 Å². The molecule has 3 aromatic rings. The molecule has 13 heteroatoms. The Morgan fingerprint density at radius 3 is 2.40 bits per heavy atom. The van der Waals surface area contributed by atoms with Gasteiger partial charge in [-0.25, -0.2) is 16.8 Å². The second kappa shape index (κ2) is 13.7. The lowest BCUT2D eigenvalue weighted by Gasteiger charge is -2.38. The SMILES string of the molecule is CCS(=O)(=O)c1cccc(OCC(O)CN[C@H]2COC3(CCN(S(=O)(=O)c4ccc(OC)c(-c5ccc(C6(N)CC6)cc5)c4)CC3)C2)c1. The summed E-state index contributed by atoms with van der Waals surface area (Å²) in [5.41, 5.74) is 8.33. The molecule has 4 N–H and O–H groups in total. The molecular weight excluding hydrogens is 655 g/mol. The van der Waals surface area contributed by atoms with E-state index in [4.69, 9.17) is 19.9 Å². The van der Waals surface area contributed by atoms with Crippen molar-refractivity contribution in [3.05, 3.63) is 72.3 Å². The molecule has 1 aliphatic carbocycles. The maximum atomic E-state index is 13.8. The molecule has 0 amide bonds. The maximum absolute atomic E-state index is 13.8. The van der Waals surface area contributed by atoms with Crippen LogP contribution in [0.4, 0.5) is 0 Å². The zero-order valence-electron chi connectivity index (χ0n) is 27.4. The average Bonchev–Trinajstić information content (AvgIpc) is 3.74. The summed E-state index contributed by atoms with van der Waals surface area (Å²) in [6.45, 7) is 3.00. The molecular formula is C35H45N3O8S2. The number of piperidine rings is 1. The van der Waals surface area contributed by atoms with E-state index in [1.165, 1.54) is 16.4 Å². The summed E-state index contributed by atoms with van der Waals surface area (Å²) in [5.74, 6) is 0.975. The molecule has 3 fully saturated rings. The Hall–Kier alpha value is -3.04. The molecule has 3 aliphatic rings. The van der Waals surface area contributed by atoms with Crippen LogP contribution < -0.4 is 20.5 Å². The second-order valence-electron chi connectivity index (χ2n) is 13.1. The van der Waals surface area contributed by atoms with Gasteiger partial charge >= 0.3 is 0 Å². The average molecular weight is 700 g/mol. The van der Waals surface area contributed by atoms with Crippen LogP contribution in [-0.2, 0) is 30.1 Å². The first-order valence-corrected chi connectivity index (χ1v) is 19.5. The van der Waals surface area contributed by atoms with Gasteiger partial charge < -0.3 is 30.4 Å². The third kappa shape index (κ3) is 7.42. The van der Waals surface area contributed by atoms with Crippen LogP contribution in [0.2, 0.25) is 0 Å². The molecule has 1 spiro atoms. The smallest absolute Gasteiger partial charge is 0.243 e. The molecule has 2 saturated heterocycles. The van der Waals surface area contributed by atoms with Crippen molar-refractivity contribution in [2.75, 3.05) is 45.7 Å². The van der Waals surface area contributed by atoms with E-state index in [9.17, 15) is 21.9 Å². The van der Waals surface area contributed by atoms with Crippen molar-refractivity contribution >= 4 is 19.9 Å². The molecule has 48 heavy (non-hydrogen) atoms. The predicted molar refractivity (Wildman–Crippen MR) is 182 cm³/mol. The Kier molecular flexibility index (Phi) is 9.93. The van der Waals surface area contributed by atoms with Crippen molar-refractivity contribution in [1.29, 1.82) is 0 Å². The minimum Gasteiger partial charge on any atom is -0.496 e. The fraction of sp³-hybridized carbons (Fsp3) is 0.486. The van der Waals surface area contributed by atoms with Crippen molar-refractivity contribution in [1.82, 2.24) is 9.62 Å². The van der Waals surface area contributed by atoms with Crippen LogP contribution in [0.1, 0.15) is 44.6 Å². The molecule has 0 aromatic heterocycles. The number of nitrogens with two attached hydrogens (primary N) is 1. The number of sulfonamides is 1. The van der Waals surface area contributed by atoms with Crippen molar-refractivity contribution in [2.24, 2.45) is 5.73 Å². The van der Waals surface area contributed by atoms with Gasteiger partial charge in [-0.15, -0.1) is 0 Å². The molecule has 260 valence electrons. The number of nitrogens with zero attached hydrogens (tertiary/aromatic N) is 1. The van der Waals surface area contributed by atoms with E-state index in [1.807, 2.05) is 24.3 Å². The number of ether oxygens (including phenoxy) is 3. The van der Waals surface area contributed by atoms with Crippen LogP contribution in [0.15, 0.2) is 76.5 Å². The number of sulfone groups is 1. The summed E-state index contributed by atoms with van der Waals surface area (Å²) in [7, 11) is -5.53. The lowest BCUT2D eigenvalue weighted by atomic mass is 9.88. The zero-order chi connectivity index (χ0) is 34.2. The van der Waals surface area contributed by atoms with Crippen LogP contribution in [0.25, 0.3) is 11.1 Å². The molecule has 0 bridgehead atoms.